The van der Waals surface area contributed by atoms with E-state index in [-0.39, 0.29) is 5.56 Å². The maximum Gasteiger partial charge on any atom is 0.332 e. The number of aliphatic hydroxyl groups excluding tert-OH is 1. The average Bonchev–Trinajstić information content (AvgIpc) is 3.13. The van der Waals surface area contributed by atoms with Gasteiger partial charge in [-0.25, -0.2) is 4.79 Å². The molecule has 51 heavy (non-hydrogen) atoms. The highest BCUT2D eigenvalue weighted by molar-refractivity contribution is 5.87. The van der Waals surface area contributed by atoms with Gasteiger partial charge in [-0.05, 0) is 79.5 Å². The third-order valence-electron chi connectivity index (χ3n) is 8.62. The van der Waals surface area contributed by atoms with Gasteiger partial charge in [-0.15, -0.1) is 0 Å². The number of benzene rings is 3. The van der Waals surface area contributed by atoms with Crippen LogP contribution in [0.5, 0.6) is 11.5 Å². The predicted molar refractivity (Wildman–Crippen MR) is 198 cm³/mol. The van der Waals surface area contributed by atoms with E-state index in [9.17, 15) is 19.5 Å². The van der Waals surface area contributed by atoms with Gasteiger partial charge in [0.15, 0.2) is 0 Å². The lowest BCUT2D eigenvalue weighted by molar-refractivity contribution is 0.106. The number of H-pyrrole nitrogens is 2. The van der Waals surface area contributed by atoms with Crippen molar-refractivity contribution < 1.29 is 19.3 Å². The number of aliphatic hydroxyl groups is 1. The van der Waals surface area contributed by atoms with Crippen molar-refractivity contribution in [1.82, 2.24) is 24.8 Å². The molecule has 5 aromatic rings. The topological polar surface area (TPSA) is 151 Å². The largest absolute Gasteiger partial charge is 0.497 e. The number of nitrogens with one attached hydrogen (secondary N) is 3. The van der Waals surface area contributed by atoms with Gasteiger partial charge in [0.05, 0.1) is 31.0 Å². The second kappa shape index (κ2) is 18.8. The molecule has 0 amide bonds. The van der Waals surface area contributed by atoms with Crippen molar-refractivity contribution in [2.24, 2.45) is 0 Å². The number of nitrogens with zero attached hydrogens (tertiary/aromatic N) is 2. The first-order valence-corrected chi connectivity index (χ1v) is 17.3. The minimum Gasteiger partial charge on any atom is -0.497 e. The summed E-state index contributed by atoms with van der Waals surface area (Å²) in [5.41, 5.74) is 2.91. The van der Waals surface area contributed by atoms with Crippen LogP contribution >= 0.6 is 0 Å². The average molecular weight is 698 g/mol. The summed E-state index contributed by atoms with van der Waals surface area (Å²) < 4.78 is 18.5. The third kappa shape index (κ3) is 11.0. The molecule has 2 aromatic heterocycles. The van der Waals surface area contributed by atoms with E-state index in [0.717, 1.165) is 66.6 Å². The van der Waals surface area contributed by atoms with Crippen LogP contribution in [-0.2, 0) is 17.9 Å². The van der Waals surface area contributed by atoms with Gasteiger partial charge >= 0.3 is 5.69 Å². The van der Waals surface area contributed by atoms with E-state index in [1.165, 1.54) is 22.9 Å². The Hall–Kier alpha value is -5.01. The van der Waals surface area contributed by atoms with Gasteiger partial charge in [-0.2, -0.15) is 0 Å². The van der Waals surface area contributed by atoms with E-state index in [1.807, 2.05) is 61.6 Å². The Labute approximate surface area is 296 Å². The molecule has 0 saturated carbocycles. The maximum absolute atomic E-state index is 12.2. The van der Waals surface area contributed by atoms with Gasteiger partial charge in [0.25, 0.3) is 5.56 Å². The molecule has 1 unspecified atom stereocenters. The van der Waals surface area contributed by atoms with Crippen molar-refractivity contribution in [3.8, 4) is 17.2 Å². The molecule has 0 radical (unpaired) electrons. The summed E-state index contributed by atoms with van der Waals surface area (Å²) in [6.07, 6.45) is 4.84. The fourth-order valence-electron chi connectivity index (χ4n) is 5.84. The highest BCUT2D eigenvalue weighted by atomic mass is 16.5. The second-order valence-electron chi connectivity index (χ2n) is 12.5. The summed E-state index contributed by atoms with van der Waals surface area (Å²) in [4.78, 5) is 43.0. The summed E-state index contributed by atoms with van der Waals surface area (Å²) in [5.74, 6) is 1.31. The van der Waals surface area contributed by atoms with Crippen molar-refractivity contribution in [2.75, 3.05) is 47.0 Å². The summed E-state index contributed by atoms with van der Waals surface area (Å²) in [6, 6.07) is 23.5. The van der Waals surface area contributed by atoms with Gasteiger partial charge < -0.3 is 29.6 Å². The fraction of sp³-hybridized carbons (Fsp3) is 0.359. The lowest BCUT2D eigenvalue weighted by Gasteiger charge is -2.17. The molecule has 0 spiro atoms. The van der Waals surface area contributed by atoms with E-state index in [0.29, 0.717) is 49.9 Å². The number of ether oxygens (including phenoxy) is 3. The Morgan fingerprint density at radius 1 is 0.863 bits per heavy atom. The summed E-state index contributed by atoms with van der Waals surface area (Å²) in [7, 11) is 3.66. The van der Waals surface area contributed by atoms with E-state index in [1.54, 1.807) is 19.2 Å². The lowest BCUT2D eigenvalue weighted by Crippen LogP contribution is -2.27. The minimum absolute atomic E-state index is 0.234. The number of unbranched alkanes of at least 4 members (excludes halogenated alkanes) is 3. The molecule has 0 saturated heterocycles. The molecule has 0 aliphatic rings. The van der Waals surface area contributed by atoms with Crippen LogP contribution < -0.4 is 31.6 Å². The molecule has 12 nitrogen and oxygen atoms in total. The molecule has 3 aromatic carbocycles. The van der Waals surface area contributed by atoms with Crippen LogP contribution in [0.15, 0.2) is 99.4 Å². The van der Waals surface area contributed by atoms with E-state index in [4.69, 9.17) is 14.2 Å². The summed E-state index contributed by atoms with van der Waals surface area (Å²) in [6.45, 7) is 4.34. The Bertz CT molecular complexity index is 2020. The number of likely N-dealkylation sites (N-methyl/N-ethyl adjacent to an activating group) is 1. The van der Waals surface area contributed by atoms with Crippen LogP contribution in [0.3, 0.4) is 0 Å². The predicted octanol–water partition coefficient (Wildman–Crippen LogP) is 4.29. The molecule has 1 atom stereocenters. The van der Waals surface area contributed by atoms with Gasteiger partial charge in [-0.1, -0.05) is 43.2 Å². The summed E-state index contributed by atoms with van der Waals surface area (Å²) >= 11 is 0. The number of aromatic amines is 2. The standard InChI is InChI=1S/C39H47N5O7/c1-43(26-29-8-7-9-30(24-29)44-20-18-37(47)42-39(44)48)21-23-50-22-6-4-3-5-19-40-25-34(45)32-14-16-35(38-33(32)15-17-36(46)41-38)51-27-28-10-12-31(49-2)13-11-28/h7-18,20,24,34,40,45H,3-6,19,21-23,25-27H2,1-2H3,(H,41,46)(H,42,47,48). The number of pyridine rings is 1. The van der Waals surface area contributed by atoms with Gasteiger partial charge in [0.1, 0.15) is 18.1 Å². The second-order valence-corrected chi connectivity index (χ2v) is 12.5. The van der Waals surface area contributed by atoms with E-state index in [2.05, 4.69) is 20.2 Å². The molecule has 0 aliphatic heterocycles. The molecule has 270 valence electrons. The highest BCUT2D eigenvalue weighted by Crippen LogP contribution is 2.30. The number of aromatic nitrogens is 3. The van der Waals surface area contributed by atoms with E-state index < -0.39 is 17.4 Å². The summed E-state index contributed by atoms with van der Waals surface area (Å²) in [5, 5.41) is 15.1. The van der Waals surface area contributed by atoms with E-state index >= 15 is 0 Å². The number of methoxy groups -OCH3 is 1. The molecule has 0 fully saturated rings. The molecule has 0 aliphatic carbocycles. The smallest absolute Gasteiger partial charge is 0.332 e. The van der Waals surface area contributed by atoms with Crippen LogP contribution in [0.4, 0.5) is 0 Å². The molecular weight excluding hydrogens is 650 g/mol. The quantitative estimate of drug-likeness (QED) is 0.0874. The Balaban J connectivity index is 0.955. The normalized spacial score (nSPS) is 12.0. The highest BCUT2D eigenvalue weighted by Gasteiger charge is 2.15. The third-order valence-corrected chi connectivity index (χ3v) is 8.62. The molecular formula is C39H47N5O7. The van der Waals surface area contributed by atoms with Gasteiger partial charge in [0, 0.05) is 50.0 Å². The molecule has 2 heterocycles. The number of hydrogen-bond donors (Lipinski definition) is 4. The van der Waals surface area contributed by atoms with Crippen LogP contribution in [0.2, 0.25) is 0 Å². The van der Waals surface area contributed by atoms with Gasteiger partial charge in [-0.3, -0.25) is 24.0 Å². The van der Waals surface area contributed by atoms with Crippen LogP contribution in [0.25, 0.3) is 16.6 Å². The SMILES string of the molecule is COc1ccc(COc2ccc(C(O)CNCCCCCCOCCN(C)Cc3cccc(-n4ccc(=O)[nH]c4=O)c3)c3ccc(=O)[nH]c23)cc1. The molecule has 5 rings (SSSR count). The van der Waals surface area contributed by atoms with Crippen molar-refractivity contribution in [2.45, 2.75) is 44.9 Å². The van der Waals surface area contributed by atoms with Crippen molar-refractivity contribution in [3.63, 3.8) is 0 Å². The molecule has 4 N–H and O–H groups in total. The maximum atomic E-state index is 12.2. The van der Waals surface area contributed by atoms with Crippen molar-refractivity contribution in [1.29, 1.82) is 0 Å². The first-order chi connectivity index (χ1) is 24.8. The number of hydrogen-bond acceptors (Lipinski definition) is 9. The number of fused-ring (bicyclic) bond motifs is 1. The van der Waals surface area contributed by atoms with Crippen LogP contribution in [-0.4, -0.2) is 71.5 Å². The first-order valence-electron chi connectivity index (χ1n) is 17.3. The van der Waals surface area contributed by atoms with Crippen LogP contribution in [0, 0.1) is 0 Å². The van der Waals surface area contributed by atoms with Crippen molar-refractivity contribution >= 4 is 10.9 Å². The fourth-order valence-corrected chi connectivity index (χ4v) is 5.84. The first kappa shape index (κ1) is 37.3. The van der Waals surface area contributed by atoms with Crippen LogP contribution in [0.1, 0.15) is 48.5 Å². The molecule has 12 heteroatoms. The van der Waals surface area contributed by atoms with Gasteiger partial charge in [0.2, 0.25) is 5.56 Å². The van der Waals surface area contributed by atoms with Crippen molar-refractivity contribution in [3.05, 3.63) is 133 Å². The zero-order chi connectivity index (χ0) is 36.0. The zero-order valence-electron chi connectivity index (χ0n) is 29.2. The monoisotopic (exact) mass is 697 g/mol. The Kier molecular flexibility index (Phi) is 13.8. The Morgan fingerprint density at radius 2 is 1.67 bits per heavy atom. The molecule has 0 bridgehead atoms. The Morgan fingerprint density at radius 3 is 2.47 bits per heavy atom. The minimum atomic E-state index is -0.746. The zero-order valence-corrected chi connectivity index (χ0v) is 29.2. The lowest BCUT2D eigenvalue weighted by atomic mass is 10.0. The number of rotatable bonds is 20.